The zero-order valence-corrected chi connectivity index (χ0v) is 17.3. The number of hydrogen-bond donors (Lipinski definition) is 1. The van der Waals surface area contributed by atoms with Gasteiger partial charge in [-0.05, 0) is 51.3 Å². The zero-order chi connectivity index (χ0) is 20.2. The van der Waals surface area contributed by atoms with E-state index in [9.17, 15) is 9.59 Å². The van der Waals surface area contributed by atoms with E-state index >= 15 is 0 Å². The molecule has 0 fully saturated rings. The van der Waals surface area contributed by atoms with Crippen LogP contribution in [0.2, 0.25) is 0 Å². The van der Waals surface area contributed by atoms with Gasteiger partial charge in [0.15, 0.2) is 0 Å². The van der Waals surface area contributed by atoms with Crippen molar-refractivity contribution >= 4 is 11.8 Å². The van der Waals surface area contributed by atoms with Crippen LogP contribution in [0.1, 0.15) is 52.5 Å². The van der Waals surface area contributed by atoms with Gasteiger partial charge in [0, 0.05) is 26.1 Å². The van der Waals surface area contributed by atoms with Crippen LogP contribution in [-0.2, 0) is 20.9 Å². The first-order valence-electron chi connectivity index (χ1n) is 9.70. The highest BCUT2D eigenvalue weighted by atomic mass is 16.5. The highest BCUT2D eigenvalue weighted by Gasteiger charge is 2.25. The Morgan fingerprint density at radius 1 is 1.15 bits per heavy atom. The van der Waals surface area contributed by atoms with E-state index in [0.29, 0.717) is 26.1 Å². The first-order chi connectivity index (χ1) is 12.9. The molecule has 1 aromatic carbocycles. The number of nitrogens with zero attached hydrogens (tertiary/aromatic N) is 1. The fourth-order valence-electron chi connectivity index (χ4n) is 2.62. The maximum absolute atomic E-state index is 12.6. The minimum atomic E-state index is -0.530. The Hall–Kier alpha value is -2.08. The van der Waals surface area contributed by atoms with E-state index in [1.165, 1.54) is 0 Å². The van der Waals surface area contributed by atoms with Crippen LogP contribution in [0.3, 0.4) is 0 Å². The smallest absolute Gasteiger partial charge is 0.242 e. The van der Waals surface area contributed by atoms with Crippen molar-refractivity contribution in [3.63, 3.8) is 0 Å². The fourth-order valence-corrected chi connectivity index (χ4v) is 2.62. The molecule has 2 amide bonds. The molecule has 6 heteroatoms. The Morgan fingerprint density at radius 3 is 2.37 bits per heavy atom. The standard InChI is InChI=1S/C21H34N2O4/c1-6-8-20(24)23(15-18-9-11-19(26-5)12-10-18)17(4)21(25)22-13-7-14-27-16(2)3/h9-12,16-17H,6-8,13-15H2,1-5H3,(H,22,25)/t17-/m0/s1. The second kappa shape index (κ2) is 12.3. The maximum atomic E-state index is 12.6. The SMILES string of the molecule is CCCC(=O)N(Cc1ccc(OC)cc1)[C@@H](C)C(=O)NCCCOC(C)C. The van der Waals surface area contributed by atoms with Gasteiger partial charge in [0.2, 0.25) is 11.8 Å². The van der Waals surface area contributed by atoms with Gasteiger partial charge in [-0.15, -0.1) is 0 Å². The van der Waals surface area contributed by atoms with Crippen LogP contribution in [-0.4, -0.2) is 49.1 Å². The summed E-state index contributed by atoms with van der Waals surface area (Å²) >= 11 is 0. The number of hydrogen-bond acceptors (Lipinski definition) is 4. The van der Waals surface area contributed by atoms with E-state index in [1.54, 1.807) is 18.9 Å². The molecular weight excluding hydrogens is 344 g/mol. The molecule has 1 aromatic rings. The summed E-state index contributed by atoms with van der Waals surface area (Å²) in [6.07, 6.45) is 2.11. The van der Waals surface area contributed by atoms with E-state index in [2.05, 4.69) is 5.32 Å². The Bertz CT molecular complexity index is 572. The number of carbonyl (C=O) groups is 2. The van der Waals surface area contributed by atoms with Crippen molar-refractivity contribution in [1.29, 1.82) is 0 Å². The van der Waals surface area contributed by atoms with E-state index in [1.807, 2.05) is 45.0 Å². The lowest BCUT2D eigenvalue weighted by molar-refractivity contribution is -0.140. The molecule has 0 saturated carbocycles. The Kier molecular flexibility index (Phi) is 10.5. The Labute approximate surface area is 163 Å². The number of methoxy groups -OCH3 is 1. The summed E-state index contributed by atoms with van der Waals surface area (Å²) in [4.78, 5) is 26.7. The number of rotatable bonds is 12. The predicted molar refractivity (Wildman–Crippen MR) is 107 cm³/mol. The molecule has 0 aromatic heterocycles. The van der Waals surface area contributed by atoms with Crippen molar-refractivity contribution in [2.45, 2.75) is 65.6 Å². The highest BCUT2D eigenvalue weighted by Crippen LogP contribution is 2.15. The lowest BCUT2D eigenvalue weighted by atomic mass is 10.1. The fraction of sp³-hybridized carbons (Fsp3) is 0.619. The molecule has 1 atom stereocenters. The van der Waals surface area contributed by atoms with Gasteiger partial charge in [-0.1, -0.05) is 19.1 Å². The third-order valence-electron chi connectivity index (χ3n) is 4.21. The summed E-state index contributed by atoms with van der Waals surface area (Å²) in [6.45, 7) is 9.24. The third kappa shape index (κ3) is 8.43. The first kappa shape index (κ1) is 23.0. The largest absolute Gasteiger partial charge is 0.497 e. The van der Waals surface area contributed by atoms with Gasteiger partial charge < -0.3 is 19.7 Å². The Morgan fingerprint density at radius 2 is 1.81 bits per heavy atom. The molecule has 0 aliphatic carbocycles. The van der Waals surface area contributed by atoms with Crippen molar-refractivity contribution in [2.75, 3.05) is 20.3 Å². The zero-order valence-electron chi connectivity index (χ0n) is 17.3. The summed E-state index contributed by atoms with van der Waals surface area (Å²) in [5.74, 6) is 0.608. The summed E-state index contributed by atoms with van der Waals surface area (Å²) < 4.78 is 10.6. The molecule has 0 saturated heterocycles. The van der Waals surface area contributed by atoms with Gasteiger partial charge >= 0.3 is 0 Å². The van der Waals surface area contributed by atoms with Crippen LogP contribution in [0.5, 0.6) is 5.75 Å². The van der Waals surface area contributed by atoms with Gasteiger partial charge in [0.25, 0.3) is 0 Å². The topological polar surface area (TPSA) is 67.9 Å². The number of ether oxygens (including phenoxy) is 2. The number of benzene rings is 1. The summed E-state index contributed by atoms with van der Waals surface area (Å²) in [5, 5.41) is 2.90. The molecule has 27 heavy (non-hydrogen) atoms. The van der Waals surface area contributed by atoms with Crippen molar-refractivity contribution in [1.82, 2.24) is 10.2 Å². The van der Waals surface area contributed by atoms with Gasteiger partial charge in [-0.2, -0.15) is 0 Å². The normalized spacial score (nSPS) is 11.9. The van der Waals surface area contributed by atoms with Gasteiger partial charge in [0.05, 0.1) is 13.2 Å². The van der Waals surface area contributed by atoms with Crippen molar-refractivity contribution in [3.05, 3.63) is 29.8 Å². The number of carbonyl (C=O) groups excluding carboxylic acids is 2. The lowest BCUT2D eigenvalue weighted by Gasteiger charge is -2.29. The van der Waals surface area contributed by atoms with E-state index in [4.69, 9.17) is 9.47 Å². The lowest BCUT2D eigenvalue weighted by Crippen LogP contribution is -2.47. The average molecular weight is 379 g/mol. The minimum Gasteiger partial charge on any atom is -0.497 e. The molecular formula is C21H34N2O4. The first-order valence-corrected chi connectivity index (χ1v) is 9.70. The van der Waals surface area contributed by atoms with Crippen molar-refractivity contribution in [2.24, 2.45) is 0 Å². The highest BCUT2D eigenvalue weighted by molar-refractivity contribution is 5.87. The van der Waals surface area contributed by atoms with Crippen LogP contribution >= 0.6 is 0 Å². The molecule has 152 valence electrons. The average Bonchev–Trinajstić information content (AvgIpc) is 2.65. The molecule has 0 bridgehead atoms. The quantitative estimate of drug-likeness (QED) is 0.568. The molecule has 6 nitrogen and oxygen atoms in total. The molecule has 0 radical (unpaired) electrons. The molecule has 1 N–H and O–H groups in total. The van der Waals surface area contributed by atoms with Gasteiger partial charge in [0.1, 0.15) is 11.8 Å². The van der Waals surface area contributed by atoms with Crippen molar-refractivity contribution in [3.8, 4) is 5.75 Å². The van der Waals surface area contributed by atoms with Crippen LogP contribution < -0.4 is 10.1 Å². The van der Waals surface area contributed by atoms with Gasteiger partial charge in [-0.25, -0.2) is 0 Å². The number of amides is 2. The monoisotopic (exact) mass is 378 g/mol. The molecule has 0 spiro atoms. The molecule has 0 unspecified atom stereocenters. The third-order valence-corrected chi connectivity index (χ3v) is 4.21. The predicted octanol–water partition coefficient (Wildman–Crippen LogP) is 3.14. The molecule has 0 aliphatic rings. The summed E-state index contributed by atoms with van der Waals surface area (Å²) in [7, 11) is 1.62. The van der Waals surface area contributed by atoms with Crippen LogP contribution in [0.15, 0.2) is 24.3 Å². The van der Waals surface area contributed by atoms with E-state index in [0.717, 1.165) is 24.2 Å². The summed E-state index contributed by atoms with van der Waals surface area (Å²) in [5.41, 5.74) is 0.963. The number of nitrogens with one attached hydrogen (secondary N) is 1. The maximum Gasteiger partial charge on any atom is 0.242 e. The van der Waals surface area contributed by atoms with Gasteiger partial charge in [-0.3, -0.25) is 9.59 Å². The Balaban J connectivity index is 2.67. The second-order valence-corrected chi connectivity index (χ2v) is 6.86. The van der Waals surface area contributed by atoms with Crippen LogP contribution in [0, 0.1) is 0 Å². The minimum absolute atomic E-state index is 0.0147. The van der Waals surface area contributed by atoms with Crippen LogP contribution in [0.4, 0.5) is 0 Å². The molecule has 0 aliphatic heterocycles. The van der Waals surface area contributed by atoms with E-state index in [-0.39, 0.29) is 17.9 Å². The summed E-state index contributed by atoms with van der Waals surface area (Å²) in [6, 6.07) is 7.02. The molecule has 1 rings (SSSR count). The second-order valence-electron chi connectivity index (χ2n) is 6.86. The van der Waals surface area contributed by atoms with Crippen molar-refractivity contribution < 1.29 is 19.1 Å². The van der Waals surface area contributed by atoms with Crippen LogP contribution in [0.25, 0.3) is 0 Å². The van der Waals surface area contributed by atoms with E-state index < -0.39 is 6.04 Å². The molecule has 0 heterocycles.